The largest absolute Gasteiger partial charge is 0.431 e. The van der Waals surface area contributed by atoms with Gasteiger partial charge < -0.3 is 9.73 Å². The average Bonchev–Trinajstić information content (AvgIpc) is 2.96. The predicted octanol–water partition coefficient (Wildman–Crippen LogP) is 3.26. The summed E-state index contributed by atoms with van der Waals surface area (Å²) >= 11 is 2.88. The maximum atomic E-state index is 5.61. The normalized spacial score (nSPS) is 10.9. The lowest BCUT2D eigenvalue weighted by molar-refractivity contribution is 0.489. The Hall–Kier alpha value is -1.60. The number of nitrogens with one attached hydrogen (secondary N) is 1. The molecule has 7 heteroatoms. The summed E-state index contributed by atoms with van der Waals surface area (Å²) in [5.41, 5.74) is 1.65. The van der Waals surface area contributed by atoms with Crippen molar-refractivity contribution in [3.63, 3.8) is 0 Å². The molecule has 2 heterocycles. The molecule has 3 rings (SSSR count). The van der Waals surface area contributed by atoms with Crippen molar-refractivity contribution < 1.29 is 4.42 Å². The van der Waals surface area contributed by atoms with Crippen LogP contribution in [-0.2, 0) is 0 Å². The maximum absolute atomic E-state index is 5.61. The number of fused-ring (bicyclic) bond motifs is 1. The third-order valence-electron chi connectivity index (χ3n) is 2.18. The van der Waals surface area contributed by atoms with Gasteiger partial charge in [-0.1, -0.05) is 23.5 Å². The quantitative estimate of drug-likeness (QED) is 0.790. The Labute approximate surface area is 112 Å². The van der Waals surface area contributed by atoms with Crippen molar-refractivity contribution >= 4 is 39.3 Å². The minimum atomic E-state index is 0.593. The van der Waals surface area contributed by atoms with Crippen molar-refractivity contribution in [3.8, 4) is 0 Å². The van der Waals surface area contributed by atoms with Crippen LogP contribution in [0.4, 0.5) is 5.13 Å². The van der Waals surface area contributed by atoms with E-state index in [9.17, 15) is 0 Å². The van der Waals surface area contributed by atoms with E-state index in [-0.39, 0.29) is 0 Å². The zero-order valence-electron chi connectivity index (χ0n) is 9.58. The summed E-state index contributed by atoms with van der Waals surface area (Å²) in [6.07, 6.45) is 0. The van der Waals surface area contributed by atoms with Gasteiger partial charge >= 0.3 is 0 Å². The van der Waals surface area contributed by atoms with Crippen LogP contribution in [0.3, 0.4) is 0 Å². The zero-order chi connectivity index (χ0) is 12.4. The van der Waals surface area contributed by atoms with E-state index in [0.29, 0.717) is 5.22 Å². The molecule has 0 aliphatic rings. The summed E-state index contributed by atoms with van der Waals surface area (Å²) in [7, 11) is 0. The average molecular weight is 278 g/mol. The van der Waals surface area contributed by atoms with Crippen molar-refractivity contribution in [2.24, 2.45) is 0 Å². The first-order valence-electron chi connectivity index (χ1n) is 5.46. The minimum absolute atomic E-state index is 0.593. The zero-order valence-corrected chi connectivity index (χ0v) is 11.2. The number of hydrogen-bond donors (Lipinski definition) is 1. The van der Waals surface area contributed by atoms with Gasteiger partial charge in [0, 0.05) is 18.3 Å². The highest BCUT2D eigenvalue weighted by molar-refractivity contribution is 8.00. The van der Waals surface area contributed by atoms with Crippen LogP contribution in [0.1, 0.15) is 6.92 Å². The molecule has 92 valence electrons. The number of aromatic nitrogens is 3. The Morgan fingerprint density at radius 2 is 2.22 bits per heavy atom. The smallest absolute Gasteiger partial charge is 0.264 e. The first-order chi connectivity index (χ1) is 8.85. The van der Waals surface area contributed by atoms with E-state index in [1.807, 2.05) is 31.2 Å². The van der Waals surface area contributed by atoms with Gasteiger partial charge in [-0.15, -0.1) is 10.2 Å². The van der Waals surface area contributed by atoms with Crippen LogP contribution in [0.2, 0.25) is 0 Å². The third kappa shape index (κ3) is 2.32. The fourth-order valence-corrected chi connectivity index (χ4v) is 3.11. The standard InChI is InChI=1S/C11H10N4OS2/c1-2-12-9-14-15-11(17-9)18-10-13-7-5-3-4-6-8(7)16-10/h3-6H,2H2,1H3,(H,12,14). The Morgan fingerprint density at radius 1 is 1.33 bits per heavy atom. The summed E-state index contributed by atoms with van der Waals surface area (Å²) in [6.45, 7) is 2.86. The Morgan fingerprint density at radius 3 is 3.06 bits per heavy atom. The van der Waals surface area contributed by atoms with Crippen LogP contribution in [0.25, 0.3) is 11.1 Å². The summed E-state index contributed by atoms with van der Waals surface area (Å²) < 4.78 is 6.43. The molecule has 1 N–H and O–H groups in total. The third-order valence-corrected chi connectivity index (χ3v) is 3.96. The molecule has 0 atom stereocenters. The SMILES string of the molecule is CCNc1nnc(Sc2nc3ccccc3o2)s1. The van der Waals surface area contributed by atoms with Gasteiger partial charge in [-0.05, 0) is 19.1 Å². The van der Waals surface area contributed by atoms with E-state index in [1.165, 1.54) is 23.1 Å². The van der Waals surface area contributed by atoms with Crippen LogP contribution in [0.5, 0.6) is 0 Å². The van der Waals surface area contributed by atoms with Gasteiger partial charge in [0.15, 0.2) is 9.92 Å². The van der Waals surface area contributed by atoms with Crippen LogP contribution in [0.15, 0.2) is 38.2 Å². The summed E-state index contributed by atoms with van der Waals surface area (Å²) in [4.78, 5) is 4.38. The number of anilines is 1. The number of nitrogens with zero attached hydrogens (tertiary/aromatic N) is 3. The molecular formula is C11H10N4OS2. The van der Waals surface area contributed by atoms with Gasteiger partial charge in [-0.2, -0.15) is 0 Å². The van der Waals surface area contributed by atoms with E-state index in [1.54, 1.807) is 0 Å². The van der Waals surface area contributed by atoms with E-state index < -0.39 is 0 Å². The number of hydrogen-bond acceptors (Lipinski definition) is 7. The highest BCUT2D eigenvalue weighted by atomic mass is 32.2. The monoisotopic (exact) mass is 278 g/mol. The highest BCUT2D eigenvalue weighted by Gasteiger charge is 2.10. The lowest BCUT2D eigenvalue weighted by atomic mass is 10.3. The molecule has 0 aliphatic carbocycles. The molecule has 5 nitrogen and oxygen atoms in total. The Balaban J connectivity index is 1.82. The Bertz CT molecular complexity index is 631. The highest BCUT2D eigenvalue weighted by Crippen LogP contribution is 2.32. The van der Waals surface area contributed by atoms with Gasteiger partial charge in [0.25, 0.3) is 5.22 Å². The fourth-order valence-electron chi connectivity index (χ4n) is 1.44. The van der Waals surface area contributed by atoms with Crippen LogP contribution < -0.4 is 5.32 Å². The van der Waals surface area contributed by atoms with Gasteiger partial charge in [-0.25, -0.2) is 4.98 Å². The lowest BCUT2D eigenvalue weighted by Gasteiger charge is -1.91. The molecule has 0 radical (unpaired) electrons. The molecule has 0 unspecified atom stereocenters. The Kier molecular flexibility index (Phi) is 3.16. The summed E-state index contributed by atoms with van der Waals surface area (Å²) in [6, 6.07) is 7.69. The first-order valence-corrected chi connectivity index (χ1v) is 7.09. The van der Waals surface area contributed by atoms with Crippen LogP contribution in [0, 0.1) is 0 Å². The van der Waals surface area contributed by atoms with Gasteiger partial charge in [0.2, 0.25) is 5.13 Å². The molecule has 0 saturated heterocycles. The molecule has 0 saturated carbocycles. The van der Waals surface area contributed by atoms with Crippen LogP contribution >= 0.6 is 23.1 Å². The van der Waals surface area contributed by atoms with Crippen molar-refractivity contribution in [1.82, 2.24) is 15.2 Å². The van der Waals surface area contributed by atoms with Crippen molar-refractivity contribution in [3.05, 3.63) is 24.3 Å². The molecular weight excluding hydrogens is 268 g/mol. The van der Waals surface area contributed by atoms with Crippen molar-refractivity contribution in [1.29, 1.82) is 0 Å². The second kappa shape index (κ2) is 4.95. The first kappa shape index (κ1) is 11.5. The molecule has 0 spiro atoms. The number of rotatable bonds is 4. The summed E-state index contributed by atoms with van der Waals surface area (Å²) in [5.74, 6) is 0. The van der Waals surface area contributed by atoms with E-state index in [0.717, 1.165) is 27.1 Å². The molecule has 0 amide bonds. The predicted molar refractivity (Wildman–Crippen MR) is 72.2 cm³/mol. The molecule has 1 aromatic carbocycles. The van der Waals surface area contributed by atoms with Gasteiger partial charge in [0.1, 0.15) is 5.52 Å². The molecule has 0 aliphatic heterocycles. The van der Waals surface area contributed by atoms with Crippen LogP contribution in [-0.4, -0.2) is 21.7 Å². The van der Waals surface area contributed by atoms with E-state index >= 15 is 0 Å². The summed E-state index contributed by atoms with van der Waals surface area (Å²) in [5, 5.41) is 12.6. The molecule has 18 heavy (non-hydrogen) atoms. The number of benzene rings is 1. The second-order valence-corrected chi connectivity index (χ2v) is 5.63. The molecule has 0 fully saturated rings. The fraction of sp³-hybridized carbons (Fsp3) is 0.182. The van der Waals surface area contributed by atoms with Gasteiger partial charge in [-0.3, -0.25) is 0 Å². The molecule has 0 bridgehead atoms. The maximum Gasteiger partial charge on any atom is 0.264 e. The van der Waals surface area contributed by atoms with Crippen molar-refractivity contribution in [2.45, 2.75) is 16.5 Å². The molecule has 3 aromatic rings. The second-order valence-electron chi connectivity index (χ2n) is 3.45. The lowest BCUT2D eigenvalue weighted by Crippen LogP contribution is -1.94. The van der Waals surface area contributed by atoms with Gasteiger partial charge in [0.05, 0.1) is 0 Å². The van der Waals surface area contributed by atoms with Crippen molar-refractivity contribution in [2.75, 3.05) is 11.9 Å². The minimum Gasteiger partial charge on any atom is -0.431 e. The number of para-hydroxylation sites is 2. The molecule has 2 aromatic heterocycles. The topological polar surface area (TPSA) is 63.8 Å². The number of oxazole rings is 1. The van der Waals surface area contributed by atoms with E-state index in [2.05, 4.69) is 20.5 Å². The van der Waals surface area contributed by atoms with E-state index in [4.69, 9.17) is 4.42 Å².